The summed E-state index contributed by atoms with van der Waals surface area (Å²) in [6.07, 6.45) is -6.34. The molecule has 2 atom stereocenters. The number of rotatable bonds is 8. The van der Waals surface area contributed by atoms with Gasteiger partial charge in [-0.3, -0.25) is 4.79 Å². The average molecular weight is 521 g/mol. The van der Waals surface area contributed by atoms with Crippen LogP contribution < -0.4 is 0 Å². The summed E-state index contributed by atoms with van der Waals surface area (Å²) in [5.74, 6) is 1.38. The minimum absolute atomic E-state index is 0.0386. The van der Waals surface area contributed by atoms with E-state index < -0.39 is 43.9 Å². The number of ketones is 1. The number of Topliss-reactive ketones (excluding diaryl/α,β-unsaturated/α-hetero) is 1. The molecule has 1 N–H and O–H groups in total. The molecule has 36 heavy (non-hydrogen) atoms. The van der Waals surface area contributed by atoms with Gasteiger partial charge in [0.1, 0.15) is 13.9 Å². The number of carbonyl (C=O) groups is 1. The lowest BCUT2D eigenvalue weighted by Crippen LogP contribution is -2.49. The zero-order chi connectivity index (χ0) is 27.5. The Morgan fingerprint density at radius 1 is 1.06 bits per heavy atom. The molecule has 0 aliphatic heterocycles. The van der Waals surface area contributed by atoms with Crippen molar-refractivity contribution in [3.63, 3.8) is 0 Å². The standard InChI is InChI=1S/C29H36F4O2Si/c1-20-9-11-22(12-10-20)21(2)17-26(34)24-18-23(30)13-14-25(24)27(3,4)19-28(35,29(31,32)33)15-8-16-36(5,6)7/h9-14,18,21,35H,15,17,19H2,1-7H3/t21-,28-/m1/s1. The van der Waals surface area contributed by atoms with E-state index in [-0.39, 0.29) is 29.2 Å². The van der Waals surface area contributed by atoms with Gasteiger partial charge >= 0.3 is 6.18 Å². The number of hydrogen-bond donors (Lipinski definition) is 1. The lowest BCUT2D eigenvalue weighted by Gasteiger charge is -2.37. The number of aryl methyl sites for hydroxylation is 1. The number of benzene rings is 2. The summed E-state index contributed by atoms with van der Waals surface area (Å²) in [4.78, 5) is 13.3. The molecule has 0 amide bonds. The van der Waals surface area contributed by atoms with Crippen LogP contribution >= 0.6 is 0 Å². The lowest BCUT2D eigenvalue weighted by molar-refractivity contribution is -0.264. The monoisotopic (exact) mass is 520 g/mol. The van der Waals surface area contributed by atoms with Crippen LogP contribution in [0.1, 0.15) is 73.0 Å². The molecule has 2 aromatic carbocycles. The highest BCUT2D eigenvalue weighted by atomic mass is 28.3. The summed E-state index contributed by atoms with van der Waals surface area (Å²) in [6, 6.07) is 11.3. The van der Waals surface area contributed by atoms with E-state index in [0.29, 0.717) is 0 Å². The van der Waals surface area contributed by atoms with E-state index in [1.807, 2.05) is 57.8 Å². The molecular weight excluding hydrogens is 484 g/mol. The first-order chi connectivity index (χ1) is 16.3. The van der Waals surface area contributed by atoms with E-state index in [1.165, 1.54) is 19.9 Å². The number of carbonyl (C=O) groups excluding carboxylic acids is 1. The molecule has 0 aliphatic rings. The van der Waals surface area contributed by atoms with Crippen molar-refractivity contribution < 1.29 is 27.5 Å². The van der Waals surface area contributed by atoms with Gasteiger partial charge in [0.2, 0.25) is 0 Å². The van der Waals surface area contributed by atoms with Gasteiger partial charge in [0.25, 0.3) is 0 Å². The number of alkyl halides is 3. The van der Waals surface area contributed by atoms with Crippen LogP contribution in [-0.2, 0) is 5.41 Å². The zero-order valence-electron chi connectivity index (χ0n) is 22.1. The zero-order valence-corrected chi connectivity index (χ0v) is 23.1. The van der Waals surface area contributed by atoms with Gasteiger partial charge < -0.3 is 5.11 Å². The maximum Gasteiger partial charge on any atom is 0.418 e. The van der Waals surface area contributed by atoms with Gasteiger partial charge in [0, 0.05) is 18.4 Å². The fourth-order valence-corrected chi connectivity index (χ4v) is 4.90. The predicted octanol–water partition coefficient (Wildman–Crippen LogP) is 7.74. The Hall–Kier alpha value is -2.43. The quantitative estimate of drug-likeness (QED) is 0.167. The summed E-state index contributed by atoms with van der Waals surface area (Å²) in [5, 5.41) is 10.8. The van der Waals surface area contributed by atoms with E-state index in [4.69, 9.17) is 0 Å². The van der Waals surface area contributed by atoms with Gasteiger partial charge in [-0.1, -0.05) is 76.3 Å². The topological polar surface area (TPSA) is 37.3 Å². The summed E-state index contributed by atoms with van der Waals surface area (Å²) < 4.78 is 56.4. The molecule has 0 aliphatic carbocycles. The SMILES string of the molecule is Cc1ccc([C@H](C)CC(=O)c2cc(F)ccc2C(C)(C)C[C@](O)(CC#C[Si](C)(C)C)C(F)(F)F)cc1. The minimum atomic E-state index is -4.93. The summed E-state index contributed by atoms with van der Waals surface area (Å²) in [6.45, 7) is 12.6. The molecule has 0 spiro atoms. The van der Waals surface area contributed by atoms with Crippen LogP contribution in [0, 0.1) is 24.2 Å². The molecule has 0 fully saturated rings. The molecule has 0 saturated carbocycles. The van der Waals surface area contributed by atoms with Crippen molar-refractivity contribution in [1.82, 2.24) is 0 Å². The third kappa shape index (κ3) is 7.78. The summed E-state index contributed by atoms with van der Waals surface area (Å²) in [7, 11) is -1.94. The van der Waals surface area contributed by atoms with Gasteiger partial charge in [0.15, 0.2) is 11.4 Å². The average Bonchev–Trinajstić information content (AvgIpc) is 2.71. The van der Waals surface area contributed by atoms with Crippen LogP contribution in [0.15, 0.2) is 42.5 Å². The first-order valence-electron chi connectivity index (χ1n) is 12.0. The molecule has 0 heterocycles. The van der Waals surface area contributed by atoms with Gasteiger partial charge in [-0.05, 0) is 47.9 Å². The molecule has 0 radical (unpaired) electrons. The van der Waals surface area contributed by atoms with Crippen molar-refractivity contribution in [1.29, 1.82) is 0 Å². The summed E-state index contributed by atoms with van der Waals surface area (Å²) in [5.41, 5.74) is 0.840. The lowest BCUT2D eigenvalue weighted by atomic mass is 9.71. The molecule has 0 aromatic heterocycles. The van der Waals surface area contributed by atoms with E-state index in [2.05, 4.69) is 11.5 Å². The largest absolute Gasteiger partial charge is 0.418 e. The van der Waals surface area contributed by atoms with Crippen molar-refractivity contribution in [2.45, 2.75) is 89.7 Å². The van der Waals surface area contributed by atoms with Gasteiger partial charge in [0.05, 0.1) is 0 Å². The maximum atomic E-state index is 14.2. The smallest absolute Gasteiger partial charge is 0.380 e. The van der Waals surface area contributed by atoms with Crippen molar-refractivity contribution in [2.75, 3.05) is 0 Å². The van der Waals surface area contributed by atoms with Crippen LogP contribution in [0.4, 0.5) is 17.6 Å². The number of halogens is 4. The fourth-order valence-electron chi connectivity index (χ4n) is 4.28. The van der Waals surface area contributed by atoms with E-state index in [9.17, 15) is 27.5 Å². The fraction of sp³-hybridized carbons (Fsp3) is 0.483. The summed E-state index contributed by atoms with van der Waals surface area (Å²) >= 11 is 0. The van der Waals surface area contributed by atoms with Crippen LogP contribution in [0.3, 0.4) is 0 Å². The van der Waals surface area contributed by atoms with E-state index in [1.54, 1.807) is 0 Å². The molecule has 7 heteroatoms. The van der Waals surface area contributed by atoms with Gasteiger partial charge in [-0.15, -0.1) is 11.5 Å². The highest BCUT2D eigenvalue weighted by Crippen LogP contribution is 2.44. The van der Waals surface area contributed by atoms with Crippen LogP contribution in [-0.4, -0.2) is 30.7 Å². The molecule has 196 valence electrons. The molecule has 2 nitrogen and oxygen atoms in total. The molecule has 0 bridgehead atoms. The third-order valence-corrected chi connectivity index (χ3v) is 7.18. The van der Waals surface area contributed by atoms with Gasteiger partial charge in [-0.2, -0.15) is 13.2 Å². The molecule has 0 unspecified atom stereocenters. The van der Waals surface area contributed by atoms with Crippen LogP contribution in [0.5, 0.6) is 0 Å². The molecule has 2 aromatic rings. The number of aliphatic hydroxyl groups is 1. The Morgan fingerprint density at radius 2 is 1.64 bits per heavy atom. The van der Waals surface area contributed by atoms with Crippen molar-refractivity contribution in [2.24, 2.45) is 0 Å². The third-order valence-electron chi connectivity index (χ3n) is 6.26. The second kappa shape index (κ2) is 10.9. The highest BCUT2D eigenvalue weighted by molar-refractivity contribution is 6.83. The molecular formula is C29H36F4O2Si. The second-order valence-electron chi connectivity index (χ2n) is 11.4. The van der Waals surface area contributed by atoms with Crippen molar-refractivity contribution >= 4 is 13.9 Å². The highest BCUT2D eigenvalue weighted by Gasteiger charge is 2.55. The Kier molecular flexibility index (Phi) is 9.02. The van der Waals surface area contributed by atoms with Crippen molar-refractivity contribution in [3.8, 4) is 11.5 Å². The first-order valence-corrected chi connectivity index (χ1v) is 15.5. The van der Waals surface area contributed by atoms with Crippen LogP contribution in [0.25, 0.3) is 0 Å². The van der Waals surface area contributed by atoms with Crippen LogP contribution in [0.2, 0.25) is 19.6 Å². The Labute approximate surface area is 213 Å². The van der Waals surface area contributed by atoms with E-state index >= 15 is 0 Å². The maximum absolute atomic E-state index is 14.2. The minimum Gasteiger partial charge on any atom is -0.380 e. The molecule has 2 rings (SSSR count). The molecule has 0 saturated heterocycles. The van der Waals surface area contributed by atoms with Crippen molar-refractivity contribution in [3.05, 3.63) is 70.5 Å². The Balaban J connectivity index is 2.42. The second-order valence-corrected chi connectivity index (χ2v) is 16.2. The Bertz CT molecular complexity index is 1140. The van der Waals surface area contributed by atoms with Gasteiger partial charge in [-0.25, -0.2) is 4.39 Å². The normalized spacial score (nSPS) is 15.0. The number of hydrogen-bond acceptors (Lipinski definition) is 2. The van der Waals surface area contributed by atoms with E-state index in [0.717, 1.165) is 23.3 Å². The first kappa shape index (κ1) is 29.8. The predicted molar refractivity (Wildman–Crippen MR) is 139 cm³/mol. The Morgan fingerprint density at radius 3 is 2.17 bits per heavy atom.